The van der Waals surface area contributed by atoms with Gasteiger partial charge in [0.15, 0.2) is 11.7 Å². The minimum absolute atomic E-state index is 0.0217. The van der Waals surface area contributed by atoms with Crippen molar-refractivity contribution in [1.29, 1.82) is 0 Å². The minimum atomic E-state index is -4.51. The van der Waals surface area contributed by atoms with Crippen molar-refractivity contribution in [1.82, 2.24) is 14.7 Å². The number of carbonyl (C=O) groups excluding carboxylic acids is 1. The quantitative estimate of drug-likeness (QED) is 0.718. The molecule has 0 unspecified atom stereocenters. The van der Waals surface area contributed by atoms with Gasteiger partial charge in [0, 0.05) is 25.6 Å². The fourth-order valence-electron chi connectivity index (χ4n) is 3.71. The Morgan fingerprint density at radius 3 is 2.50 bits per heavy atom. The lowest BCUT2D eigenvalue weighted by molar-refractivity contribution is -0.173. The van der Waals surface area contributed by atoms with Crippen LogP contribution in [0.4, 0.5) is 19.0 Å². The first-order valence-corrected chi connectivity index (χ1v) is 9.66. The van der Waals surface area contributed by atoms with E-state index in [9.17, 15) is 18.0 Å². The molecule has 2 aromatic rings. The molecule has 0 spiro atoms. The van der Waals surface area contributed by atoms with Gasteiger partial charge in [-0.3, -0.25) is 4.79 Å². The standard InChI is InChI=1S/C18H17Cl2F3N4O/c19-11-4-3-10(7-12(11)20)13-8-15(18(21,22)23)27-16(24-13)9-14(25-27)17(28)26-5-1-2-6-26/h3-4,7,9,13,15,24H,1-2,5-6,8H2/t13-,15+/m1/s1. The maximum absolute atomic E-state index is 13.7. The van der Waals surface area contributed by atoms with Crippen LogP contribution in [-0.2, 0) is 0 Å². The molecule has 1 aromatic heterocycles. The van der Waals surface area contributed by atoms with E-state index in [0.717, 1.165) is 17.5 Å². The number of rotatable bonds is 2. The average Bonchev–Trinajstić information content (AvgIpc) is 3.31. The Hall–Kier alpha value is -1.93. The highest BCUT2D eigenvalue weighted by Gasteiger charge is 2.47. The van der Waals surface area contributed by atoms with E-state index >= 15 is 0 Å². The molecule has 4 rings (SSSR count). The molecule has 0 saturated carbocycles. The van der Waals surface area contributed by atoms with E-state index in [1.807, 2.05) is 0 Å². The predicted octanol–water partition coefficient (Wildman–Crippen LogP) is 5.09. The van der Waals surface area contributed by atoms with Crippen molar-refractivity contribution in [3.05, 3.63) is 45.6 Å². The molecule has 1 saturated heterocycles. The van der Waals surface area contributed by atoms with Crippen LogP contribution in [0.15, 0.2) is 24.3 Å². The van der Waals surface area contributed by atoms with Crippen molar-refractivity contribution in [3.63, 3.8) is 0 Å². The van der Waals surface area contributed by atoms with Gasteiger partial charge in [-0.15, -0.1) is 0 Å². The lowest BCUT2D eigenvalue weighted by Gasteiger charge is -2.33. The van der Waals surface area contributed by atoms with Crippen molar-refractivity contribution < 1.29 is 18.0 Å². The summed E-state index contributed by atoms with van der Waals surface area (Å²) in [7, 11) is 0. The molecule has 2 atom stereocenters. The highest BCUT2D eigenvalue weighted by atomic mass is 35.5. The van der Waals surface area contributed by atoms with Gasteiger partial charge < -0.3 is 10.2 Å². The molecule has 1 aromatic carbocycles. The number of benzene rings is 1. The minimum Gasteiger partial charge on any atom is -0.363 e. The number of hydrogen-bond acceptors (Lipinski definition) is 3. The predicted molar refractivity (Wildman–Crippen MR) is 99.9 cm³/mol. The van der Waals surface area contributed by atoms with Gasteiger partial charge in [0.1, 0.15) is 5.82 Å². The van der Waals surface area contributed by atoms with Crippen LogP contribution in [0.2, 0.25) is 10.0 Å². The average molecular weight is 433 g/mol. The number of aromatic nitrogens is 2. The van der Waals surface area contributed by atoms with Crippen LogP contribution < -0.4 is 5.32 Å². The number of anilines is 1. The van der Waals surface area contributed by atoms with Crippen LogP contribution in [0.1, 0.15) is 47.4 Å². The molecule has 5 nitrogen and oxygen atoms in total. The lowest BCUT2D eigenvalue weighted by atomic mass is 9.97. The first kappa shape index (κ1) is 19.4. The summed E-state index contributed by atoms with van der Waals surface area (Å²) < 4.78 is 42.1. The van der Waals surface area contributed by atoms with E-state index in [1.165, 1.54) is 6.07 Å². The van der Waals surface area contributed by atoms with Gasteiger partial charge in [0.2, 0.25) is 0 Å². The Morgan fingerprint density at radius 2 is 1.86 bits per heavy atom. The first-order chi connectivity index (χ1) is 13.2. The molecular formula is C18H17Cl2F3N4O. The van der Waals surface area contributed by atoms with Gasteiger partial charge in [0.05, 0.1) is 16.1 Å². The number of fused-ring (bicyclic) bond motifs is 1. The Morgan fingerprint density at radius 1 is 1.14 bits per heavy atom. The van der Waals surface area contributed by atoms with Crippen molar-refractivity contribution in [2.75, 3.05) is 18.4 Å². The maximum Gasteiger partial charge on any atom is 0.410 e. The third-order valence-corrected chi connectivity index (χ3v) is 5.89. The molecule has 2 aliphatic rings. The summed E-state index contributed by atoms with van der Waals surface area (Å²) in [5.41, 5.74) is 0.608. The van der Waals surface area contributed by atoms with Crippen molar-refractivity contribution in [2.45, 2.75) is 37.5 Å². The topological polar surface area (TPSA) is 50.2 Å². The highest BCUT2D eigenvalue weighted by molar-refractivity contribution is 6.42. The number of hydrogen-bond donors (Lipinski definition) is 1. The van der Waals surface area contributed by atoms with Crippen molar-refractivity contribution in [3.8, 4) is 0 Å². The van der Waals surface area contributed by atoms with Gasteiger partial charge in [-0.1, -0.05) is 29.3 Å². The van der Waals surface area contributed by atoms with E-state index in [4.69, 9.17) is 23.2 Å². The number of likely N-dealkylation sites (tertiary alicyclic amines) is 1. The van der Waals surface area contributed by atoms with Crippen LogP contribution in [0.5, 0.6) is 0 Å². The maximum atomic E-state index is 13.7. The number of alkyl halides is 3. The second-order valence-corrected chi connectivity index (χ2v) is 7.84. The fourth-order valence-corrected chi connectivity index (χ4v) is 4.01. The van der Waals surface area contributed by atoms with E-state index in [0.29, 0.717) is 23.7 Å². The lowest BCUT2D eigenvalue weighted by Crippen LogP contribution is -2.36. The van der Waals surface area contributed by atoms with Crippen molar-refractivity contribution in [2.24, 2.45) is 0 Å². The summed E-state index contributed by atoms with van der Waals surface area (Å²) in [5.74, 6) is -0.180. The van der Waals surface area contributed by atoms with E-state index in [-0.39, 0.29) is 28.9 Å². The van der Waals surface area contributed by atoms with Crippen LogP contribution in [-0.4, -0.2) is 39.9 Å². The summed E-state index contributed by atoms with van der Waals surface area (Å²) in [6.45, 7) is 1.20. The Kier molecular flexibility index (Phi) is 4.95. The molecule has 28 heavy (non-hydrogen) atoms. The molecule has 0 radical (unpaired) electrons. The molecule has 10 heteroatoms. The van der Waals surface area contributed by atoms with Crippen LogP contribution in [0.25, 0.3) is 0 Å². The summed E-state index contributed by atoms with van der Waals surface area (Å²) in [6.07, 6.45) is -3.00. The van der Waals surface area contributed by atoms with Gasteiger partial charge >= 0.3 is 6.18 Å². The third kappa shape index (κ3) is 3.55. The molecule has 2 aliphatic heterocycles. The highest BCUT2D eigenvalue weighted by Crippen LogP contribution is 2.44. The van der Waals surface area contributed by atoms with Crippen LogP contribution >= 0.6 is 23.2 Å². The zero-order valence-electron chi connectivity index (χ0n) is 14.6. The zero-order chi connectivity index (χ0) is 20.1. The third-order valence-electron chi connectivity index (χ3n) is 5.15. The fraction of sp³-hybridized carbons (Fsp3) is 0.444. The molecule has 3 heterocycles. The van der Waals surface area contributed by atoms with Crippen molar-refractivity contribution >= 4 is 34.9 Å². The number of carbonyl (C=O) groups is 1. The normalized spacial score (nSPS) is 22.1. The van der Waals surface area contributed by atoms with Crippen LogP contribution in [0, 0.1) is 0 Å². The summed E-state index contributed by atoms with van der Waals surface area (Å²) in [6, 6.07) is 3.66. The smallest absolute Gasteiger partial charge is 0.363 e. The first-order valence-electron chi connectivity index (χ1n) is 8.91. The van der Waals surface area contributed by atoms with E-state index in [2.05, 4.69) is 10.4 Å². The zero-order valence-corrected chi connectivity index (χ0v) is 16.2. The molecular weight excluding hydrogens is 416 g/mol. The van der Waals surface area contributed by atoms with Crippen LogP contribution in [0.3, 0.4) is 0 Å². The molecule has 0 bridgehead atoms. The second-order valence-electron chi connectivity index (χ2n) is 7.02. The van der Waals surface area contributed by atoms with Gasteiger partial charge in [-0.25, -0.2) is 4.68 Å². The summed E-state index contributed by atoms with van der Waals surface area (Å²) >= 11 is 11.9. The number of nitrogens with one attached hydrogen (secondary N) is 1. The largest absolute Gasteiger partial charge is 0.410 e. The van der Waals surface area contributed by atoms with E-state index in [1.54, 1.807) is 23.1 Å². The monoisotopic (exact) mass is 432 g/mol. The van der Waals surface area contributed by atoms with E-state index < -0.39 is 18.3 Å². The molecule has 1 N–H and O–H groups in total. The Balaban J connectivity index is 1.69. The van der Waals surface area contributed by atoms with Gasteiger partial charge in [-0.05, 0) is 30.5 Å². The number of amides is 1. The number of halogens is 5. The molecule has 150 valence electrons. The number of nitrogens with zero attached hydrogens (tertiary/aromatic N) is 3. The molecule has 1 amide bonds. The second kappa shape index (κ2) is 7.15. The van der Waals surface area contributed by atoms with Gasteiger partial charge in [0.25, 0.3) is 5.91 Å². The van der Waals surface area contributed by atoms with Gasteiger partial charge in [-0.2, -0.15) is 18.3 Å². The molecule has 0 aliphatic carbocycles. The SMILES string of the molecule is O=C(c1cc2n(n1)[C@H](C(F)(F)F)C[C@H](c1ccc(Cl)c(Cl)c1)N2)N1CCCC1. The Bertz CT molecular complexity index is 909. The summed E-state index contributed by atoms with van der Waals surface area (Å²) in [4.78, 5) is 14.2. The Labute approximate surface area is 169 Å². The summed E-state index contributed by atoms with van der Waals surface area (Å²) in [5, 5.41) is 7.66. The molecule has 1 fully saturated rings.